The topological polar surface area (TPSA) is 20.2 Å². The van der Waals surface area contributed by atoms with Gasteiger partial charge in [-0.25, -0.2) is 0 Å². The second kappa shape index (κ2) is 5.83. The zero-order chi connectivity index (χ0) is 12.1. The summed E-state index contributed by atoms with van der Waals surface area (Å²) in [4.78, 5) is 0. The van der Waals surface area contributed by atoms with E-state index in [1.54, 1.807) is 11.3 Å². The van der Waals surface area contributed by atoms with E-state index in [0.717, 1.165) is 12.0 Å². The van der Waals surface area contributed by atoms with E-state index in [4.69, 9.17) is 0 Å². The summed E-state index contributed by atoms with van der Waals surface area (Å²) < 4.78 is 0. The quantitative estimate of drug-likeness (QED) is 0.781. The molecule has 2 heteroatoms. The molecule has 1 nitrogen and oxygen atoms in total. The Hall–Kier alpha value is -0.600. The Morgan fingerprint density at radius 3 is 2.76 bits per heavy atom. The fraction of sp³-hybridized carbons (Fsp3) is 0.600. The highest BCUT2D eigenvalue weighted by molar-refractivity contribution is 7.08. The Labute approximate surface area is 108 Å². The van der Waals surface area contributed by atoms with Gasteiger partial charge in [0.05, 0.1) is 0 Å². The molecule has 0 saturated heterocycles. The molecule has 0 spiro atoms. The van der Waals surface area contributed by atoms with Gasteiger partial charge in [0.25, 0.3) is 0 Å². The van der Waals surface area contributed by atoms with Gasteiger partial charge in [0.2, 0.25) is 0 Å². The second-order valence-corrected chi connectivity index (χ2v) is 5.83. The number of hydrogen-bond donors (Lipinski definition) is 1. The highest BCUT2D eigenvalue weighted by Crippen LogP contribution is 2.31. The van der Waals surface area contributed by atoms with Gasteiger partial charge in [-0.3, -0.25) is 0 Å². The van der Waals surface area contributed by atoms with Crippen molar-refractivity contribution in [1.82, 2.24) is 0 Å². The lowest BCUT2D eigenvalue weighted by Crippen LogP contribution is -2.21. The van der Waals surface area contributed by atoms with Crippen LogP contribution in [0.25, 0.3) is 0 Å². The van der Waals surface area contributed by atoms with E-state index < -0.39 is 5.60 Å². The van der Waals surface area contributed by atoms with Crippen LogP contribution >= 0.6 is 11.3 Å². The first-order chi connectivity index (χ1) is 8.24. The van der Waals surface area contributed by atoms with Crippen molar-refractivity contribution in [3.8, 4) is 0 Å². The summed E-state index contributed by atoms with van der Waals surface area (Å²) in [5.41, 5.74) is 0.286. The smallest absolute Gasteiger partial charge is 0.108 e. The highest BCUT2D eigenvalue weighted by Gasteiger charge is 2.24. The van der Waals surface area contributed by atoms with Gasteiger partial charge in [0.1, 0.15) is 5.60 Å². The summed E-state index contributed by atoms with van der Waals surface area (Å²) in [6.07, 6.45) is 11.7. The molecule has 1 atom stereocenters. The Morgan fingerprint density at radius 1 is 1.41 bits per heavy atom. The zero-order valence-electron chi connectivity index (χ0n) is 10.6. The van der Waals surface area contributed by atoms with Crippen LogP contribution in [0.4, 0.5) is 0 Å². The molecule has 1 fully saturated rings. The SMILES string of the molecule is CCC(O)(C=CC1CCCCC1)c1ccsc1. The normalized spacial score (nSPS) is 21.8. The first-order valence-corrected chi connectivity index (χ1v) is 7.63. The van der Waals surface area contributed by atoms with Crippen molar-refractivity contribution >= 4 is 11.3 Å². The molecular formula is C15H22OS. The minimum absolute atomic E-state index is 0.681. The first kappa shape index (κ1) is 12.8. The molecular weight excluding hydrogens is 228 g/mol. The van der Waals surface area contributed by atoms with Crippen molar-refractivity contribution in [2.75, 3.05) is 0 Å². The molecule has 0 bridgehead atoms. The lowest BCUT2D eigenvalue weighted by atomic mass is 9.86. The van der Waals surface area contributed by atoms with E-state index in [1.807, 2.05) is 24.4 Å². The van der Waals surface area contributed by atoms with Crippen LogP contribution in [0.15, 0.2) is 29.0 Å². The summed E-state index contributed by atoms with van der Waals surface area (Å²) in [5.74, 6) is 0.681. The highest BCUT2D eigenvalue weighted by atomic mass is 32.1. The van der Waals surface area contributed by atoms with Crippen LogP contribution in [0.2, 0.25) is 0 Å². The van der Waals surface area contributed by atoms with E-state index >= 15 is 0 Å². The molecule has 1 heterocycles. The third-order valence-corrected chi connectivity index (χ3v) is 4.54. The monoisotopic (exact) mass is 250 g/mol. The van der Waals surface area contributed by atoms with Gasteiger partial charge >= 0.3 is 0 Å². The van der Waals surface area contributed by atoms with Gasteiger partial charge in [-0.1, -0.05) is 38.3 Å². The summed E-state index contributed by atoms with van der Waals surface area (Å²) in [5, 5.41) is 14.7. The summed E-state index contributed by atoms with van der Waals surface area (Å²) in [6.45, 7) is 2.04. The second-order valence-electron chi connectivity index (χ2n) is 5.05. The third-order valence-electron chi connectivity index (χ3n) is 3.85. The Kier molecular flexibility index (Phi) is 4.41. The van der Waals surface area contributed by atoms with Gasteiger partial charge in [0.15, 0.2) is 0 Å². The third kappa shape index (κ3) is 3.20. The maximum atomic E-state index is 10.6. The predicted molar refractivity (Wildman–Crippen MR) is 74.2 cm³/mol. The molecule has 0 radical (unpaired) electrons. The Balaban J connectivity index is 2.05. The number of allylic oxidation sites excluding steroid dienone is 1. The lowest BCUT2D eigenvalue weighted by Gasteiger charge is -2.24. The standard InChI is InChI=1S/C15H22OS/c1-2-15(16,14-9-11-17-12-14)10-8-13-6-4-3-5-7-13/h8-13,16H,2-7H2,1H3. The van der Waals surface area contributed by atoms with Crippen LogP contribution in [0, 0.1) is 5.92 Å². The van der Waals surface area contributed by atoms with Crippen LogP contribution in [-0.4, -0.2) is 5.11 Å². The zero-order valence-corrected chi connectivity index (χ0v) is 11.4. The average Bonchev–Trinajstić information content (AvgIpc) is 2.92. The maximum Gasteiger partial charge on any atom is 0.108 e. The number of thiophene rings is 1. The summed E-state index contributed by atoms with van der Waals surface area (Å²) >= 11 is 1.65. The molecule has 0 aromatic carbocycles. The van der Waals surface area contributed by atoms with E-state index in [9.17, 15) is 5.11 Å². The molecule has 0 amide bonds. The molecule has 1 N–H and O–H groups in total. The molecule has 0 aliphatic heterocycles. The van der Waals surface area contributed by atoms with E-state index in [-0.39, 0.29) is 0 Å². The van der Waals surface area contributed by atoms with E-state index in [2.05, 4.69) is 11.5 Å². The van der Waals surface area contributed by atoms with Crippen molar-refractivity contribution in [3.05, 3.63) is 34.5 Å². The van der Waals surface area contributed by atoms with Crippen LogP contribution in [-0.2, 0) is 5.60 Å². The van der Waals surface area contributed by atoms with Gasteiger partial charge in [-0.15, -0.1) is 0 Å². The molecule has 1 unspecified atom stereocenters. The van der Waals surface area contributed by atoms with Crippen molar-refractivity contribution in [3.63, 3.8) is 0 Å². The molecule has 1 aromatic rings. The van der Waals surface area contributed by atoms with Crippen molar-refractivity contribution < 1.29 is 5.11 Å². The molecule has 1 saturated carbocycles. The molecule has 2 rings (SSSR count). The van der Waals surface area contributed by atoms with Crippen molar-refractivity contribution in [2.45, 2.75) is 51.0 Å². The van der Waals surface area contributed by atoms with Crippen LogP contribution in [0.1, 0.15) is 51.0 Å². The van der Waals surface area contributed by atoms with Gasteiger partial charge in [-0.05, 0) is 47.6 Å². The van der Waals surface area contributed by atoms with Crippen LogP contribution in [0.5, 0.6) is 0 Å². The van der Waals surface area contributed by atoms with Gasteiger partial charge in [-0.2, -0.15) is 11.3 Å². The van der Waals surface area contributed by atoms with Gasteiger partial charge in [0, 0.05) is 0 Å². The molecule has 17 heavy (non-hydrogen) atoms. The lowest BCUT2D eigenvalue weighted by molar-refractivity contribution is 0.0848. The fourth-order valence-corrected chi connectivity index (χ4v) is 3.28. The van der Waals surface area contributed by atoms with Crippen molar-refractivity contribution in [1.29, 1.82) is 0 Å². The minimum Gasteiger partial charge on any atom is -0.381 e. The summed E-state index contributed by atoms with van der Waals surface area (Å²) in [6, 6.07) is 2.03. The molecule has 1 aliphatic rings. The van der Waals surface area contributed by atoms with E-state index in [0.29, 0.717) is 5.92 Å². The maximum absolute atomic E-state index is 10.6. The molecule has 1 aliphatic carbocycles. The first-order valence-electron chi connectivity index (χ1n) is 6.69. The molecule has 1 aromatic heterocycles. The molecule has 94 valence electrons. The predicted octanol–water partition coefficient (Wildman–Crippen LogP) is 4.48. The largest absolute Gasteiger partial charge is 0.381 e. The van der Waals surface area contributed by atoms with E-state index in [1.165, 1.54) is 32.1 Å². The average molecular weight is 250 g/mol. The Bertz CT molecular complexity index is 349. The number of hydrogen-bond acceptors (Lipinski definition) is 2. The van der Waals surface area contributed by atoms with Crippen LogP contribution < -0.4 is 0 Å². The van der Waals surface area contributed by atoms with Gasteiger partial charge < -0.3 is 5.11 Å². The summed E-state index contributed by atoms with van der Waals surface area (Å²) in [7, 11) is 0. The minimum atomic E-state index is -0.753. The fourth-order valence-electron chi connectivity index (χ4n) is 2.55. The Morgan fingerprint density at radius 2 is 2.18 bits per heavy atom. The number of aliphatic hydroxyl groups is 1. The van der Waals surface area contributed by atoms with Crippen molar-refractivity contribution in [2.24, 2.45) is 5.92 Å². The van der Waals surface area contributed by atoms with Crippen LogP contribution in [0.3, 0.4) is 0 Å². The number of rotatable bonds is 4.